The zero-order valence-corrected chi connectivity index (χ0v) is 10.9. The molecule has 74 valence electrons. The van der Waals surface area contributed by atoms with Crippen LogP contribution in [0.5, 0.6) is 0 Å². The molecule has 4 heteroatoms. The number of hydrogen-bond acceptors (Lipinski definition) is 2. The zero-order valence-electron chi connectivity index (χ0n) is 7.77. The summed E-state index contributed by atoms with van der Waals surface area (Å²) in [6.07, 6.45) is -0.457. The summed E-state index contributed by atoms with van der Waals surface area (Å²) in [5, 5.41) is 9.93. The third-order valence-corrected chi connectivity index (χ3v) is 4.28. The lowest BCUT2D eigenvalue weighted by molar-refractivity contribution is 0.0658. The number of thiophene rings is 1. The summed E-state index contributed by atoms with van der Waals surface area (Å²) in [6.45, 7) is 6.00. The summed E-state index contributed by atoms with van der Waals surface area (Å²) in [5.74, 6) is 0. The molecule has 1 N–H and O–H groups in total. The fourth-order valence-corrected chi connectivity index (χ4v) is 2.89. The SMILES string of the molecule is CC(C)(C)C(O)c1cc(Br)c(Cl)s1. The molecule has 0 amide bonds. The van der Waals surface area contributed by atoms with Crippen molar-refractivity contribution in [2.24, 2.45) is 5.41 Å². The standard InChI is InChI=1S/C9H12BrClOS/c1-9(2,3)7(12)6-4-5(10)8(11)13-6/h4,7,12H,1-3H3. The molecule has 1 aromatic rings. The molecule has 0 aliphatic carbocycles. The van der Waals surface area contributed by atoms with E-state index in [-0.39, 0.29) is 5.41 Å². The van der Waals surface area contributed by atoms with E-state index in [9.17, 15) is 5.11 Å². The molecule has 0 bridgehead atoms. The predicted octanol–water partition coefficient (Wildman–Crippen LogP) is 4.24. The molecule has 1 nitrogen and oxygen atoms in total. The molecule has 0 spiro atoms. The Morgan fingerprint density at radius 3 is 2.38 bits per heavy atom. The minimum absolute atomic E-state index is 0.145. The van der Waals surface area contributed by atoms with E-state index in [1.54, 1.807) is 0 Å². The Morgan fingerprint density at radius 1 is 1.54 bits per heavy atom. The molecule has 0 aliphatic heterocycles. The third kappa shape index (κ3) is 2.69. The Morgan fingerprint density at radius 2 is 2.08 bits per heavy atom. The van der Waals surface area contributed by atoms with Gasteiger partial charge in [-0.05, 0) is 27.4 Å². The summed E-state index contributed by atoms with van der Waals surface area (Å²) in [5.41, 5.74) is -0.145. The van der Waals surface area contributed by atoms with Gasteiger partial charge < -0.3 is 5.11 Å². The molecule has 0 saturated carbocycles. The Bertz CT molecular complexity index is 284. The van der Waals surface area contributed by atoms with E-state index in [1.165, 1.54) is 11.3 Å². The van der Waals surface area contributed by atoms with Crippen LogP contribution >= 0.6 is 38.9 Å². The molecule has 13 heavy (non-hydrogen) atoms. The van der Waals surface area contributed by atoms with Crippen LogP contribution in [0.3, 0.4) is 0 Å². The highest BCUT2D eigenvalue weighted by molar-refractivity contribution is 9.10. The van der Waals surface area contributed by atoms with E-state index >= 15 is 0 Å². The Labute approximate surface area is 95.9 Å². The number of halogens is 2. The van der Waals surface area contributed by atoms with E-state index in [0.717, 1.165) is 9.35 Å². The van der Waals surface area contributed by atoms with Gasteiger partial charge in [0.15, 0.2) is 0 Å². The van der Waals surface area contributed by atoms with E-state index < -0.39 is 6.10 Å². The van der Waals surface area contributed by atoms with Crippen LogP contribution in [0, 0.1) is 5.41 Å². The number of rotatable bonds is 1. The van der Waals surface area contributed by atoms with Gasteiger partial charge in [0, 0.05) is 9.35 Å². The van der Waals surface area contributed by atoms with Crippen molar-refractivity contribution in [2.45, 2.75) is 26.9 Å². The maximum Gasteiger partial charge on any atom is 0.107 e. The molecule has 0 radical (unpaired) electrons. The lowest BCUT2D eigenvalue weighted by atomic mass is 9.88. The van der Waals surface area contributed by atoms with Crippen LogP contribution in [0.4, 0.5) is 0 Å². The van der Waals surface area contributed by atoms with Gasteiger partial charge in [-0.2, -0.15) is 0 Å². The van der Waals surface area contributed by atoms with Crippen LogP contribution in [0.15, 0.2) is 10.5 Å². The highest BCUT2D eigenvalue weighted by Crippen LogP contribution is 2.41. The summed E-state index contributed by atoms with van der Waals surface area (Å²) in [6, 6.07) is 1.88. The molecule has 1 atom stereocenters. The molecule has 1 rings (SSSR count). The highest BCUT2D eigenvalue weighted by atomic mass is 79.9. The van der Waals surface area contributed by atoms with Crippen molar-refractivity contribution in [1.82, 2.24) is 0 Å². The average Bonchev–Trinajstić information content (AvgIpc) is 2.29. The van der Waals surface area contributed by atoms with Gasteiger partial charge in [0.1, 0.15) is 4.34 Å². The van der Waals surface area contributed by atoms with E-state index in [4.69, 9.17) is 11.6 Å². The lowest BCUT2D eigenvalue weighted by Crippen LogP contribution is -2.16. The fraction of sp³-hybridized carbons (Fsp3) is 0.556. The van der Waals surface area contributed by atoms with Crippen molar-refractivity contribution >= 4 is 38.9 Å². The Hall–Kier alpha value is 0.430. The fourth-order valence-electron chi connectivity index (χ4n) is 0.925. The van der Waals surface area contributed by atoms with Crippen molar-refractivity contribution < 1.29 is 5.11 Å². The number of hydrogen-bond donors (Lipinski definition) is 1. The quantitative estimate of drug-likeness (QED) is 0.817. The number of aliphatic hydroxyl groups excluding tert-OH is 1. The molecular weight excluding hydrogens is 272 g/mol. The van der Waals surface area contributed by atoms with Crippen molar-refractivity contribution in [2.75, 3.05) is 0 Å². The maximum atomic E-state index is 9.93. The Kier molecular flexibility index (Phi) is 3.44. The van der Waals surface area contributed by atoms with E-state index in [2.05, 4.69) is 15.9 Å². The molecule has 0 aliphatic rings. The summed E-state index contributed by atoms with van der Waals surface area (Å²) in [4.78, 5) is 0.907. The largest absolute Gasteiger partial charge is 0.387 e. The predicted molar refractivity (Wildman–Crippen MR) is 61.4 cm³/mol. The first-order valence-electron chi connectivity index (χ1n) is 3.95. The van der Waals surface area contributed by atoms with Crippen molar-refractivity contribution in [1.29, 1.82) is 0 Å². The molecule has 0 saturated heterocycles. The smallest absolute Gasteiger partial charge is 0.107 e. The van der Waals surface area contributed by atoms with Gasteiger partial charge in [-0.3, -0.25) is 0 Å². The zero-order chi connectivity index (χ0) is 10.2. The molecule has 0 aromatic carbocycles. The molecule has 0 fully saturated rings. The van der Waals surface area contributed by atoms with Gasteiger partial charge in [-0.15, -0.1) is 11.3 Å². The van der Waals surface area contributed by atoms with E-state index in [0.29, 0.717) is 4.34 Å². The molecule has 1 aromatic heterocycles. The first-order valence-corrected chi connectivity index (χ1v) is 5.94. The molecule has 1 heterocycles. The molecular formula is C9H12BrClOS. The van der Waals surface area contributed by atoms with Crippen molar-refractivity contribution in [3.8, 4) is 0 Å². The monoisotopic (exact) mass is 282 g/mol. The van der Waals surface area contributed by atoms with Crippen molar-refractivity contribution in [3.63, 3.8) is 0 Å². The second kappa shape index (κ2) is 3.89. The Balaban J connectivity index is 2.96. The first kappa shape index (κ1) is 11.5. The van der Waals surface area contributed by atoms with Gasteiger partial charge in [-0.25, -0.2) is 0 Å². The van der Waals surface area contributed by atoms with Gasteiger partial charge in [0.05, 0.1) is 6.10 Å². The highest BCUT2D eigenvalue weighted by Gasteiger charge is 2.25. The van der Waals surface area contributed by atoms with Crippen LogP contribution in [-0.2, 0) is 0 Å². The van der Waals surface area contributed by atoms with Crippen LogP contribution in [0.1, 0.15) is 31.8 Å². The van der Waals surface area contributed by atoms with Gasteiger partial charge >= 0.3 is 0 Å². The summed E-state index contributed by atoms with van der Waals surface area (Å²) >= 11 is 10.6. The van der Waals surface area contributed by atoms with Crippen LogP contribution in [0.25, 0.3) is 0 Å². The second-order valence-corrected chi connectivity index (χ2v) is 6.58. The van der Waals surface area contributed by atoms with E-state index in [1.807, 2.05) is 26.8 Å². The number of aliphatic hydroxyl groups is 1. The van der Waals surface area contributed by atoms with Crippen LogP contribution in [0.2, 0.25) is 4.34 Å². The molecule has 1 unspecified atom stereocenters. The van der Waals surface area contributed by atoms with Crippen molar-refractivity contribution in [3.05, 3.63) is 19.8 Å². The summed E-state index contributed by atoms with van der Waals surface area (Å²) < 4.78 is 1.55. The second-order valence-electron chi connectivity index (χ2n) is 4.04. The van der Waals surface area contributed by atoms with Gasteiger partial charge in [-0.1, -0.05) is 32.4 Å². The average molecular weight is 284 g/mol. The van der Waals surface area contributed by atoms with Crippen LogP contribution in [-0.4, -0.2) is 5.11 Å². The normalized spacial score (nSPS) is 14.6. The topological polar surface area (TPSA) is 20.2 Å². The first-order chi connectivity index (χ1) is 5.82. The minimum atomic E-state index is -0.457. The van der Waals surface area contributed by atoms with Crippen LogP contribution < -0.4 is 0 Å². The van der Waals surface area contributed by atoms with Gasteiger partial charge in [0.2, 0.25) is 0 Å². The maximum absolute atomic E-state index is 9.93. The minimum Gasteiger partial charge on any atom is -0.387 e. The van der Waals surface area contributed by atoms with Gasteiger partial charge in [0.25, 0.3) is 0 Å². The third-order valence-electron chi connectivity index (χ3n) is 1.75. The lowest BCUT2D eigenvalue weighted by Gasteiger charge is -2.24. The summed E-state index contributed by atoms with van der Waals surface area (Å²) in [7, 11) is 0.